The topological polar surface area (TPSA) is 49.8 Å². The summed E-state index contributed by atoms with van der Waals surface area (Å²) >= 11 is 0. The van der Waals surface area contributed by atoms with Crippen LogP contribution in [0.25, 0.3) is 0 Å². The molecule has 0 amide bonds. The molecule has 0 radical (unpaired) electrons. The number of likely N-dealkylation sites (tertiary alicyclic amines) is 1. The number of nitrogens with zero attached hydrogens (tertiary/aromatic N) is 1. The first-order valence-electron chi connectivity index (χ1n) is 6.72. The number of ether oxygens (including phenoxy) is 1. The van der Waals surface area contributed by atoms with Crippen molar-refractivity contribution in [2.24, 2.45) is 5.92 Å². The van der Waals surface area contributed by atoms with Crippen molar-refractivity contribution in [2.45, 2.75) is 32.9 Å². The van der Waals surface area contributed by atoms with Gasteiger partial charge in [0, 0.05) is 20.0 Å². The summed E-state index contributed by atoms with van der Waals surface area (Å²) in [6.07, 6.45) is 0.807. The second-order valence-corrected chi connectivity index (χ2v) is 5.31. The van der Waals surface area contributed by atoms with Crippen molar-refractivity contribution in [1.82, 2.24) is 4.90 Å². The van der Waals surface area contributed by atoms with Crippen LogP contribution in [0.1, 0.15) is 25.8 Å². The predicted molar refractivity (Wildman–Crippen MR) is 72.8 cm³/mol. The Morgan fingerprint density at radius 1 is 1.42 bits per heavy atom. The maximum absolute atomic E-state index is 10.8. The monoisotopic (exact) mass is 263 g/mol. The average molecular weight is 263 g/mol. The summed E-state index contributed by atoms with van der Waals surface area (Å²) in [5.41, 5.74) is 1.16. The molecule has 2 unspecified atom stereocenters. The molecule has 104 valence electrons. The first-order chi connectivity index (χ1) is 9.04. The van der Waals surface area contributed by atoms with Crippen LogP contribution in [0.15, 0.2) is 24.3 Å². The minimum atomic E-state index is -0.305. The Morgan fingerprint density at radius 2 is 2.11 bits per heavy atom. The molecule has 1 fully saturated rings. The molecule has 0 aromatic heterocycles. The van der Waals surface area contributed by atoms with E-state index in [2.05, 4.69) is 11.8 Å². The summed E-state index contributed by atoms with van der Waals surface area (Å²) in [7, 11) is 0. The van der Waals surface area contributed by atoms with Crippen LogP contribution in [0.4, 0.5) is 0 Å². The van der Waals surface area contributed by atoms with E-state index in [1.165, 1.54) is 6.92 Å². The number of β-amino-alcohol motifs (C(OH)–C–C–N with tert-alkyl or cyclic N) is 1. The highest BCUT2D eigenvalue weighted by Gasteiger charge is 2.23. The van der Waals surface area contributed by atoms with E-state index in [1.807, 2.05) is 12.1 Å². The van der Waals surface area contributed by atoms with Gasteiger partial charge in [-0.3, -0.25) is 9.69 Å². The first-order valence-corrected chi connectivity index (χ1v) is 6.72. The van der Waals surface area contributed by atoms with Gasteiger partial charge in [0.05, 0.1) is 6.10 Å². The van der Waals surface area contributed by atoms with Crippen LogP contribution in [-0.2, 0) is 11.3 Å². The van der Waals surface area contributed by atoms with Gasteiger partial charge >= 0.3 is 5.97 Å². The van der Waals surface area contributed by atoms with E-state index in [9.17, 15) is 9.90 Å². The van der Waals surface area contributed by atoms with E-state index in [0.29, 0.717) is 11.7 Å². The fourth-order valence-electron chi connectivity index (χ4n) is 2.35. The number of esters is 1. The molecule has 1 saturated heterocycles. The van der Waals surface area contributed by atoms with Gasteiger partial charge in [-0.2, -0.15) is 0 Å². The molecule has 2 atom stereocenters. The van der Waals surface area contributed by atoms with Crippen molar-refractivity contribution in [2.75, 3.05) is 13.1 Å². The zero-order valence-electron chi connectivity index (χ0n) is 11.5. The number of rotatable bonds is 3. The summed E-state index contributed by atoms with van der Waals surface area (Å²) in [5, 5.41) is 9.87. The highest BCUT2D eigenvalue weighted by atomic mass is 16.5. The number of carbonyl (C=O) groups is 1. The summed E-state index contributed by atoms with van der Waals surface area (Å²) in [4.78, 5) is 13.1. The van der Waals surface area contributed by atoms with Gasteiger partial charge in [0.1, 0.15) is 5.75 Å². The Morgan fingerprint density at radius 3 is 2.68 bits per heavy atom. The van der Waals surface area contributed by atoms with Gasteiger partial charge < -0.3 is 9.84 Å². The van der Waals surface area contributed by atoms with Crippen LogP contribution in [-0.4, -0.2) is 35.2 Å². The lowest BCUT2D eigenvalue weighted by molar-refractivity contribution is -0.131. The lowest BCUT2D eigenvalue weighted by Crippen LogP contribution is -2.42. The fraction of sp³-hybridized carbons (Fsp3) is 0.533. The van der Waals surface area contributed by atoms with E-state index in [0.717, 1.165) is 31.6 Å². The molecule has 1 aliphatic heterocycles. The second-order valence-electron chi connectivity index (χ2n) is 5.31. The Hall–Kier alpha value is -1.39. The van der Waals surface area contributed by atoms with Gasteiger partial charge in [0.2, 0.25) is 0 Å². The Bertz CT molecular complexity index is 430. The quantitative estimate of drug-likeness (QED) is 0.667. The lowest BCUT2D eigenvalue weighted by Gasteiger charge is -2.34. The number of hydrogen-bond donors (Lipinski definition) is 1. The van der Waals surface area contributed by atoms with Crippen LogP contribution < -0.4 is 4.74 Å². The van der Waals surface area contributed by atoms with Gasteiger partial charge in [-0.05, 0) is 36.6 Å². The van der Waals surface area contributed by atoms with E-state index in [1.54, 1.807) is 12.1 Å². The first kappa shape index (κ1) is 14.0. The third-order valence-corrected chi connectivity index (χ3v) is 3.59. The molecule has 19 heavy (non-hydrogen) atoms. The van der Waals surface area contributed by atoms with Crippen molar-refractivity contribution in [3.63, 3.8) is 0 Å². The van der Waals surface area contributed by atoms with Crippen molar-refractivity contribution in [1.29, 1.82) is 0 Å². The van der Waals surface area contributed by atoms with E-state index < -0.39 is 0 Å². The van der Waals surface area contributed by atoms with Gasteiger partial charge in [0.15, 0.2) is 0 Å². The Labute approximate surface area is 114 Å². The third kappa shape index (κ3) is 4.04. The van der Waals surface area contributed by atoms with Crippen LogP contribution in [0.2, 0.25) is 0 Å². The second kappa shape index (κ2) is 6.17. The van der Waals surface area contributed by atoms with E-state index in [4.69, 9.17) is 4.74 Å². The third-order valence-electron chi connectivity index (χ3n) is 3.59. The van der Waals surface area contributed by atoms with Crippen molar-refractivity contribution in [3.05, 3.63) is 29.8 Å². The van der Waals surface area contributed by atoms with Gasteiger partial charge in [-0.15, -0.1) is 0 Å². The molecule has 4 nitrogen and oxygen atoms in total. The molecule has 0 spiro atoms. The molecule has 1 aromatic carbocycles. The number of hydrogen-bond acceptors (Lipinski definition) is 4. The van der Waals surface area contributed by atoms with Crippen molar-refractivity contribution < 1.29 is 14.6 Å². The van der Waals surface area contributed by atoms with E-state index in [-0.39, 0.29) is 12.1 Å². The SMILES string of the molecule is CC(=O)Oc1ccc(CN2CCC(C)C(O)C2)cc1. The average Bonchev–Trinajstić information content (AvgIpc) is 2.36. The van der Waals surface area contributed by atoms with E-state index >= 15 is 0 Å². The maximum atomic E-state index is 10.8. The smallest absolute Gasteiger partial charge is 0.308 e. The number of aliphatic hydroxyl groups is 1. The Kier molecular flexibility index (Phi) is 4.56. The predicted octanol–water partition coefficient (Wildman–Crippen LogP) is 1.81. The summed E-state index contributed by atoms with van der Waals surface area (Å²) < 4.78 is 5.00. The van der Waals surface area contributed by atoms with Crippen LogP contribution in [0.5, 0.6) is 5.75 Å². The van der Waals surface area contributed by atoms with Crippen LogP contribution >= 0.6 is 0 Å². The van der Waals surface area contributed by atoms with Crippen molar-refractivity contribution >= 4 is 5.97 Å². The zero-order chi connectivity index (χ0) is 13.8. The molecule has 0 aliphatic carbocycles. The normalized spacial score (nSPS) is 24.2. The summed E-state index contributed by atoms with van der Waals surface area (Å²) in [6, 6.07) is 7.53. The number of piperidine rings is 1. The zero-order valence-corrected chi connectivity index (χ0v) is 11.5. The molecule has 0 bridgehead atoms. The standard InChI is InChI=1S/C15H21NO3/c1-11-7-8-16(10-15(11)18)9-13-3-5-14(6-4-13)19-12(2)17/h3-6,11,15,18H,7-10H2,1-2H3. The molecule has 2 rings (SSSR count). The molecule has 1 aromatic rings. The molecular formula is C15H21NO3. The molecule has 0 saturated carbocycles. The molecule has 1 aliphatic rings. The minimum Gasteiger partial charge on any atom is -0.427 e. The van der Waals surface area contributed by atoms with Gasteiger partial charge in [-0.25, -0.2) is 0 Å². The molecule has 1 heterocycles. The maximum Gasteiger partial charge on any atom is 0.308 e. The number of benzene rings is 1. The fourth-order valence-corrected chi connectivity index (χ4v) is 2.35. The van der Waals surface area contributed by atoms with Gasteiger partial charge in [0.25, 0.3) is 0 Å². The molecule has 1 N–H and O–H groups in total. The van der Waals surface area contributed by atoms with Crippen LogP contribution in [0.3, 0.4) is 0 Å². The highest BCUT2D eigenvalue weighted by Crippen LogP contribution is 2.20. The Balaban J connectivity index is 1.91. The van der Waals surface area contributed by atoms with Crippen LogP contribution in [0, 0.1) is 5.92 Å². The molecular weight excluding hydrogens is 242 g/mol. The largest absolute Gasteiger partial charge is 0.427 e. The summed E-state index contributed by atoms with van der Waals surface area (Å²) in [6.45, 7) is 6.06. The number of aliphatic hydroxyl groups excluding tert-OH is 1. The number of carbonyl (C=O) groups excluding carboxylic acids is 1. The lowest BCUT2D eigenvalue weighted by atomic mass is 9.96. The van der Waals surface area contributed by atoms with Crippen molar-refractivity contribution in [3.8, 4) is 5.75 Å². The highest BCUT2D eigenvalue weighted by molar-refractivity contribution is 5.69. The minimum absolute atomic E-state index is 0.228. The molecule has 4 heteroatoms. The van der Waals surface area contributed by atoms with Gasteiger partial charge in [-0.1, -0.05) is 19.1 Å². The summed E-state index contributed by atoms with van der Waals surface area (Å²) in [5.74, 6) is 0.659.